The monoisotopic (exact) mass is 788 g/mol. The fraction of sp³-hybridized carbons (Fsp3) is 0. The fourth-order valence-electron chi connectivity index (χ4n) is 8.78. The maximum atomic E-state index is 5.39. The Morgan fingerprint density at radius 2 is 0.613 bits per heavy atom. The van der Waals surface area contributed by atoms with Crippen molar-refractivity contribution in [3.05, 3.63) is 243 Å². The van der Waals surface area contributed by atoms with E-state index in [0.717, 1.165) is 78.1 Å². The molecule has 0 saturated carbocycles. The summed E-state index contributed by atoms with van der Waals surface area (Å²) in [6.07, 6.45) is 0. The van der Waals surface area contributed by atoms with E-state index in [4.69, 9.17) is 9.97 Å². The topological polar surface area (TPSA) is 25.8 Å². The first kappa shape index (κ1) is 36.8. The van der Waals surface area contributed by atoms with E-state index < -0.39 is 0 Å². The van der Waals surface area contributed by atoms with E-state index in [9.17, 15) is 0 Å². The Balaban J connectivity index is 1.09. The Morgan fingerprint density at radius 3 is 1.18 bits per heavy atom. The SMILES string of the molecule is c1ccc(-c2cccc(-c3cc(-c4cccc(-c5cc6nc(-c7ccccc7)cc(-c7ccccc7)c6c6ccccc56)c4)cc(-c4cccc(-c5ccccc5)c4)n3)c2)cc1. The van der Waals surface area contributed by atoms with Gasteiger partial charge in [0, 0.05) is 22.1 Å². The number of aromatic nitrogens is 2. The molecule has 0 spiro atoms. The maximum absolute atomic E-state index is 5.39. The van der Waals surface area contributed by atoms with Crippen LogP contribution >= 0.6 is 0 Å². The van der Waals surface area contributed by atoms with Gasteiger partial charge in [0.25, 0.3) is 0 Å². The average Bonchev–Trinajstić information content (AvgIpc) is 3.37. The van der Waals surface area contributed by atoms with Crippen molar-refractivity contribution in [3.63, 3.8) is 0 Å². The number of hydrogen-bond donors (Lipinski definition) is 0. The third kappa shape index (κ3) is 7.14. The second-order valence-electron chi connectivity index (χ2n) is 15.8. The van der Waals surface area contributed by atoms with Crippen LogP contribution in [0, 0.1) is 0 Å². The van der Waals surface area contributed by atoms with Crippen molar-refractivity contribution in [2.75, 3.05) is 0 Å². The van der Waals surface area contributed by atoms with Crippen LogP contribution in [-0.4, -0.2) is 9.97 Å². The molecule has 2 heteroatoms. The Morgan fingerprint density at radius 1 is 0.210 bits per heavy atom. The van der Waals surface area contributed by atoms with Crippen LogP contribution in [0.1, 0.15) is 0 Å². The van der Waals surface area contributed by atoms with Gasteiger partial charge in [0.2, 0.25) is 0 Å². The number of fused-ring (bicyclic) bond motifs is 3. The highest BCUT2D eigenvalue weighted by molar-refractivity contribution is 6.18. The predicted octanol–water partition coefficient (Wildman–Crippen LogP) is 16.1. The van der Waals surface area contributed by atoms with Crippen LogP contribution in [-0.2, 0) is 0 Å². The van der Waals surface area contributed by atoms with Crippen LogP contribution in [0.4, 0.5) is 0 Å². The number of hydrogen-bond acceptors (Lipinski definition) is 2. The van der Waals surface area contributed by atoms with E-state index in [1.807, 2.05) is 0 Å². The van der Waals surface area contributed by atoms with Gasteiger partial charge in [0.15, 0.2) is 0 Å². The molecule has 0 aliphatic heterocycles. The molecule has 0 fully saturated rings. The first-order chi connectivity index (χ1) is 30.7. The molecule has 290 valence electrons. The molecule has 0 aliphatic carbocycles. The third-order valence-corrected chi connectivity index (χ3v) is 11.8. The van der Waals surface area contributed by atoms with Crippen molar-refractivity contribution < 1.29 is 0 Å². The molecule has 0 saturated heterocycles. The van der Waals surface area contributed by atoms with Crippen molar-refractivity contribution in [1.29, 1.82) is 0 Å². The molecule has 11 aromatic rings. The molecule has 0 N–H and O–H groups in total. The summed E-state index contributed by atoms with van der Waals surface area (Å²) < 4.78 is 0. The molecule has 0 atom stereocenters. The van der Waals surface area contributed by atoms with Crippen molar-refractivity contribution in [2.24, 2.45) is 0 Å². The van der Waals surface area contributed by atoms with Crippen LogP contribution < -0.4 is 0 Å². The van der Waals surface area contributed by atoms with Crippen molar-refractivity contribution in [3.8, 4) is 89.4 Å². The summed E-state index contributed by atoms with van der Waals surface area (Å²) in [7, 11) is 0. The zero-order valence-electron chi connectivity index (χ0n) is 34.0. The second kappa shape index (κ2) is 16.1. The van der Waals surface area contributed by atoms with Crippen molar-refractivity contribution in [1.82, 2.24) is 9.97 Å². The lowest BCUT2D eigenvalue weighted by molar-refractivity contribution is 1.32. The van der Waals surface area contributed by atoms with Crippen molar-refractivity contribution >= 4 is 21.7 Å². The lowest BCUT2D eigenvalue weighted by atomic mass is 9.89. The minimum absolute atomic E-state index is 0.924. The highest BCUT2D eigenvalue weighted by Gasteiger charge is 2.17. The van der Waals surface area contributed by atoms with E-state index in [2.05, 4.69) is 243 Å². The van der Waals surface area contributed by atoms with Gasteiger partial charge in [-0.15, -0.1) is 0 Å². The van der Waals surface area contributed by atoms with Gasteiger partial charge in [-0.1, -0.05) is 200 Å². The first-order valence-corrected chi connectivity index (χ1v) is 21.1. The average molecular weight is 789 g/mol. The van der Waals surface area contributed by atoms with E-state index in [-0.39, 0.29) is 0 Å². The molecule has 0 amide bonds. The van der Waals surface area contributed by atoms with E-state index >= 15 is 0 Å². The molecule has 62 heavy (non-hydrogen) atoms. The number of nitrogens with zero attached hydrogens (tertiary/aromatic N) is 2. The minimum Gasteiger partial charge on any atom is -0.248 e. The molecule has 2 heterocycles. The molecule has 0 aliphatic rings. The van der Waals surface area contributed by atoms with Gasteiger partial charge in [0.05, 0.1) is 22.6 Å². The van der Waals surface area contributed by atoms with Gasteiger partial charge in [-0.25, -0.2) is 9.97 Å². The fourth-order valence-corrected chi connectivity index (χ4v) is 8.78. The van der Waals surface area contributed by atoms with Gasteiger partial charge >= 0.3 is 0 Å². The number of rotatable bonds is 8. The second-order valence-corrected chi connectivity index (χ2v) is 15.8. The summed E-state index contributed by atoms with van der Waals surface area (Å²) in [6, 6.07) is 86.5. The molecule has 0 unspecified atom stereocenters. The summed E-state index contributed by atoms with van der Waals surface area (Å²) in [5.41, 5.74) is 18.5. The highest BCUT2D eigenvalue weighted by Crippen LogP contribution is 2.42. The minimum atomic E-state index is 0.924. The quantitative estimate of drug-likeness (QED) is 0.143. The van der Waals surface area contributed by atoms with Gasteiger partial charge in [0.1, 0.15) is 0 Å². The molecular formula is C60H40N2. The van der Waals surface area contributed by atoms with Gasteiger partial charge < -0.3 is 0 Å². The van der Waals surface area contributed by atoms with Gasteiger partial charge in [-0.05, 0) is 109 Å². The van der Waals surface area contributed by atoms with Crippen molar-refractivity contribution in [2.45, 2.75) is 0 Å². The number of pyridine rings is 2. The first-order valence-electron chi connectivity index (χ1n) is 21.1. The summed E-state index contributed by atoms with van der Waals surface area (Å²) in [5.74, 6) is 0. The Bertz CT molecular complexity index is 3280. The van der Waals surface area contributed by atoms with Crippen LogP contribution in [0.2, 0.25) is 0 Å². The molecule has 0 bridgehead atoms. The predicted molar refractivity (Wildman–Crippen MR) is 261 cm³/mol. The standard InChI is InChI=1S/C60H40N2/c1-5-18-41(19-6-1)45-26-16-30-49(35-45)56-37-51(38-57(61-56)50-31-17-27-46(36-50)42-20-7-2-8-21-42)47-28-15-29-48(34-47)54-39-59-60(53-33-14-13-32-52(53)54)55(43-22-9-3-10-23-43)40-58(62-59)44-24-11-4-12-25-44/h1-40H. The molecular weight excluding hydrogens is 749 g/mol. The third-order valence-electron chi connectivity index (χ3n) is 11.8. The highest BCUT2D eigenvalue weighted by atomic mass is 14.7. The van der Waals surface area contributed by atoms with Crippen LogP contribution in [0.5, 0.6) is 0 Å². The molecule has 9 aromatic carbocycles. The number of benzene rings is 9. The van der Waals surface area contributed by atoms with Crippen LogP contribution in [0.25, 0.3) is 111 Å². The van der Waals surface area contributed by atoms with Gasteiger partial charge in [-0.3, -0.25) is 0 Å². The molecule has 2 nitrogen and oxygen atoms in total. The zero-order chi connectivity index (χ0) is 41.2. The smallest absolute Gasteiger partial charge is 0.0728 e. The Hall–Kier alpha value is -8.20. The molecule has 0 radical (unpaired) electrons. The largest absolute Gasteiger partial charge is 0.248 e. The molecule has 2 aromatic heterocycles. The Labute approximate surface area is 362 Å². The van der Waals surface area contributed by atoms with Gasteiger partial charge in [-0.2, -0.15) is 0 Å². The summed E-state index contributed by atoms with van der Waals surface area (Å²) >= 11 is 0. The van der Waals surface area contributed by atoms with Crippen LogP contribution in [0.3, 0.4) is 0 Å². The normalized spacial score (nSPS) is 11.2. The lowest BCUT2D eigenvalue weighted by Crippen LogP contribution is -1.94. The zero-order valence-corrected chi connectivity index (χ0v) is 34.0. The maximum Gasteiger partial charge on any atom is 0.0728 e. The van der Waals surface area contributed by atoms with E-state index in [0.29, 0.717) is 0 Å². The summed E-state index contributed by atoms with van der Waals surface area (Å²) in [4.78, 5) is 10.8. The molecule has 11 rings (SSSR count). The Kier molecular flexibility index (Phi) is 9.57. The lowest BCUT2D eigenvalue weighted by Gasteiger charge is -2.17. The van der Waals surface area contributed by atoms with E-state index in [1.165, 1.54) is 33.0 Å². The van der Waals surface area contributed by atoms with Crippen LogP contribution in [0.15, 0.2) is 243 Å². The summed E-state index contributed by atoms with van der Waals surface area (Å²) in [6.45, 7) is 0. The summed E-state index contributed by atoms with van der Waals surface area (Å²) in [5, 5.41) is 3.53. The van der Waals surface area contributed by atoms with E-state index in [1.54, 1.807) is 0 Å².